The Hall–Kier alpha value is -1.82. The highest BCUT2D eigenvalue weighted by molar-refractivity contribution is 8.00. The van der Waals surface area contributed by atoms with E-state index in [0.717, 1.165) is 11.8 Å². The second-order valence-electron chi connectivity index (χ2n) is 6.46. The highest BCUT2D eigenvalue weighted by atomic mass is 35.5. The molecule has 0 spiro atoms. The molecule has 3 N–H and O–H groups in total. The Kier molecular flexibility index (Phi) is 6.75. The quantitative estimate of drug-likeness (QED) is 0.451. The number of thioether (sulfide) groups is 1. The largest absolute Gasteiger partial charge is 0.394 e. The molecule has 162 valence electrons. The number of thiazole rings is 1. The predicted molar refractivity (Wildman–Crippen MR) is 114 cm³/mol. The Morgan fingerprint density at radius 1 is 1.32 bits per heavy atom. The molecule has 1 fully saturated rings. The number of hydrogen-bond donors (Lipinski definition) is 3. The van der Waals surface area contributed by atoms with E-state index in [-0.39, 0.29) is 5.82 Å². The van der Waals surface area contributed by atoms with Gasteiger partial charge in [-0.2, -0.15) is 0 Å². The van der Waals surface area contributed by atoms with Crippen molar-refractivity contribution in [1.29, 1.82) is 0 Å². The third kappa shape index (κ3) is 4.55. The summed E-state index contributed by atoms with van der Waals surface area (Å²) in [5, 5.41) is 42.3. The van der Waals surface area contributed by atoms with Crippen molar-refractivity contribution in [1.82, 2.24) is 25.0 Å². The average Bonchev–Trinajstić information content (AvgIpc) is 3.39. The van der Waals surface area contributed by atoms with E-state index in [1.165, 1.54) is 34.5 Å². The Labute approximate surface area is 194 Å². The maximum atomic E-state index is 11.0. The van der Waals surface area contributed by atoms with Crippen molar-refractivity contribution in [2.24, 2.45) is 0 Å². The fourth-order valence-electron chi connectivity index (χ4n) is 3.08. The van der Waals surface area contributed by atoms with Crippen LogP contribution in [0.25, 0.3) is 15.5 Å². The van der Waals surface area contributed by atoms with Gasteiger partial charge in [0.15, 0.2) is 0 Å². The minimum atomic E-state index is -1.27. The van der Waals surface area contributed by atoms with E-state index >= 15 is 0 Å². The Morgan fingerprint density at radius 2 is 2.13 bits per heavy atom. The van der Waals surface area contributed by atoms with Gasteiger partial charge in [0.25, 0.3) is 5.82 Å². The fourth-order valence-corrected chi connectivity index (χ4v) is 5.34. The van der Waals surface area contributed by atoms with Crippen molar-refractivity contribution < 1.29 is 20.1 Å². The second-order valence-corrected chi connectivity index (χ2v) is 9.28. The molecule has 14 heteroatoms. The average molecular weight is 501 g/mol. The minimum absolute atomic E-state index is 0.0945. The SMILES string of the molecule is [C-]#[N+]c1ncc(Cl)cc1S[C@H]1OC(CO)[C@H](O)[C@H](n2cc(-c3nc(Cl)cs3)nn2)C1O. The van der Waals surface area contributed by atoms with Gasteiger partial charge in [-0.15, -0.1) is 33.2 Å². The summed E-state index contributed by atoms with van der Waals surface area (Å²) in [5.41, 5.74) is -0.532. The molecule has 0 radical (unpaired) electrons. The third-order valence-corrected chi connectivity index (χ3v) is 7.08. The van der Waals surface area contributed by atoms with Gasteiger partial charge in [-0.1, -0.05) is 35.0 Å². The Balaban J connectivity index is 1.64. The summed E-state index contributed by atoms with van der Waals surface area (Å²) in [7, 11) is 0. The number of ether oxygens (including phenoxy) is 1. The first-order valence-corrected chi connectivity index (χ1v) is 11.3. The summed E-state index contributed by atoms with van der Waals surface area (Å²) in [4.78, 5) is 11.9. The van der Waals surface area contributed by atoms with Crippen molar-refractivity contribution in [3.05, 3.63) is 45.4 Å². The molecule has 4 heterocycles. The normalized spacial score (nSPS) is 26.0. The molecule has 3 aromatic heterocycles. The maximum absolute atomic E-state index is 11.0. The number of hydrogen-bond acceptors (Lipinski definition) is 10. The van der Waals surface area contributed by atoms with Crippen LogP contribution in [0.1, 0.15) is 6.04 Å². The van der Waals surface area contributed by atoms with Crippen LogP contribution >= 0.6 is 46.3 Å². The van der Waals surface area contributed by atoms with Crippen LogP contribution in [-0.2, 0) is 4.74 Å². The molecule has 1 aliphatic heterocycles. The molecule has 4 rings (SSSR count). The highest BCUT2D eigenvalue weighted by Crippen LogP contribution is 2.41. The van der Waals surface area contributed by atoms with Gasteiger partial charge in [0, 0.05) is 10.3 Å². The van der Waals surface area contributed by atoms with Crippen molar-refractivity contribution in [3.8, 4) is 10.7 Å². The van der Waals surface area contributed by atoms with Crippen molar-refractivity contribution in [2.75, 3.05) is 6.61 Å². The maximum Gasteiger partial charge on any atom is 0.283 e. The first-order valence-electron chi connectivity index (χ1n) is 8.76. The van der Waals surface area contributed by atoms with Gasteiger partial charge in [0.1, 0.15) is 51.8 Å². The number of pyridine rings is 1. The molecule has 1 saturated heterocycles. The van der Waals surface area contributed by atoms with Crippen LogP contribution < -0.4 is 0 Å². The van der Waals surface area contributed by atoms with Gasteiger partial charge in [0.05, 0.1) is 17.8 Å². The van der Waals surface area contributed by atoms with Gasteiger partial charge >= 0.3 is 0 Å². The molecule has 0 saturated carbocycles. The summed E-state index contributed by atoms with van der Waals surface area (Å²) < 4.78 is 7.01. The number of aliphatic hydroxyl groups is 3. The molecular formula is C17H14Cl2N6O4S2. The van der Waals surface area contributed by atoms with E-state index in [4.69, 9.17) is 34.5 Å². The van der Waals surface area contributed by atoms with E-state index in [2.05, 4.69) is 25.1 Å². The lowest BCUT2D eigenvalue weighted by Crippen LogP contribution is -2.55. The van der Waals surface area contributed by atoms with Crippen LogP contribution in [0.5, 0.6) is 0 Å². The minimum Gasteiger partial charge on any atom is -0.394 e. The standard InChI is InChI=1S/C17H14Cl2N6O4S2/c1-20-15-10(2-7(18)3-21-15)31-17-14(28)12(13(27)9(5-26)29-17)25-4-8(23-24-25)16-22-11(19)6-30-16/h2-4,6,9,12-14,17,26-28H,5H2/t9?,12-,13-,14?,17+/m0/s1. The second kappa shape index (κ2) is 9.35. The molecule has 5 atom stereocenters. The van der Waals surface area contributed by atoms with Crippen molar-refractivity contribution >= 4 is 52.1 Å². The van der Waals surface area contributed by atoms with Crippen LogP contribution in [0, 0.1) is 6.57 Å². The van der Waals surface area contributed by atoms with E-state index in [1.807, 2.05) is 0 Å². The van der Waals surface area contributed by atoms with E-state index in [9.17, 15) is 15.3 Å². The molecule has 10 nitrogen and oxygen atoms in total. The first kappa shape index (κ1) is 22.4. The van der Waals surface area contributed by atoms with Gasteiger partial charge < -0.3 is 24.9 Å². The van der Waals surface area contributed by atoms with Crippen molar-refractivity contribution in [2.45, 2.75) is 34.7 Å². The number of rotatable bonds is 5. The van der Waals surface area contributed by atoms with E-state index < -0.39 is 36.4 Å². The summed E-state index contributed by atoms with van der Waals surface area (Å²) in [6.07, 6.45) is -0.670. The molecule has 0 amide bonds. The van der Waals surface area contributed by atoms with Crippen molar-refractivity contribution in [3.63, 3.8) is 0 Å². The Bertz CT molecular complexity index is 1120. The molecule has 31 heavy (non-hydrogen) atoms. The van der Waals surface area contributed by atoms with Crippen LogP contribution in [-0.4, -0.2) is 70.6 Å². The van der Waals surface area contributed by atoms with Crippen LogP contribution in [0.15, 0.2) is 28.7 Å². The molecule has 2 unspecified atom stereocenters. The molecule has 0 aliphatic carbocycles. The monoisotopic (exact) mass is 500 g/mol. The lowest BCUT2D eigenvalue weighted by Gasteiger charge is -2.41. The van der Waals surface area contributed by atoms with Gasteiger partial charge in [-0.05, 0) is 6.07 Å². The Morgan fingerprint density at radius 3 is 2.81 bits per heavy atom. The van der Waals surface area contributed by atoms with Crippen LogP contribution in [0.2, 0.25) is 10.2 Å². The summed E-state index contributed by atoms with van der Waals surface area (Å²) in [5.74, 6) is 0.0945. The zero-order valence-electron chi connectivity index (χ0n) is 15.4. The summed E-state index contributed by atoms with van der Waals surface area (Å²) in [6, 6.07) is 0.555. The lowest BCUT2D eigenvalue weighted by atomic mass is 9.97. The molecule has 0 aromatic carbocycles. The summed E-state index contributed by atoms with van der Waals surface area (Å²) >= 11 is 14.2. The number of aromatic nitrogens is 5. The van der Waals surface area contributed by atoms with E-state index in [0.29, 0.717) is 25.8 Å². The fraction of sp³-hybridized carbons (Fsp3) is 0.353. The summed E-state index contributed by atoms with van der Waals surface area (Å²) in [6.45, 7) is 6.79. The topological polar surface area (TPSA) is 131 Å². The number of aliphatic hydroxyl groups excluding tert-OH is 3. The highest BCUT2D eigenvalue weighted by Gasteiger charge is 2.46. The number of halogens is 2. The van der Waals surface area contributed by atoms with Crippen LogP contribution in [0.4, 0.5) is 5.82 Å². The zero-order chi connectivity index (χ0) is 22.1. The van der Waals surface area contributed by atoms with Crippen LogP contribution in [0.3, 0.4) is 0 Å². The lowest BCUT2D eigenvalue weighted by molar-refractivity contribution is -0.178. The van der Waals surface area contributed by atoms with Gasteiger partial charge in [-0.3, -0.25) is 0 Å². The molecule has 1 aliphatic rings. The first-order chi connectivity index (χ1) is 14.9. The predicted octanol–water partition coefficient (Wildman–Crippen LogP) is 2.43. The van der Waals surface area contributed by atoms with E-state index in [1.54, 1.807) is 5.38 Å². The number of nitrogens with zero attached hydrogens (tertiary/aromatic N) is 6. The molecule has 3 aromatic rings. The zero-order valence-corrected chi connectivity index (χ0v) is 18.6. The van der Waals surface area contributed by atoms with Gasteiger partial charge in [-0.25, -0.2) is 9.67 Å². The third-order valence-electron chi connectivity index (χ3n) is 4.51. The molecular weight excluding hydrogens is 487 g/mol. The molecule has 0 bridgehead atoms. The van der Waals surface area contributed by atoms with Gasteiger partial charge in [0.2, 0.25) is 0 Å². The smallest absolute Gasteiger partial charge is 0.283 e.